The van der Waals surface area contributed by atoms with Crippen LogP contribution < -0.4 is 9.80 Å². The van der Waals surface area contributed by atoms with Crippen LogP contribution in [-0.2, 0) is 0 Å². The Bertz CT molecular complexity index is 1010. The first-order valence-corrected chi connectivity index (χ1v) is 11.5. The Morgan fingerprint density at radius 1 is 0.467 bits per heavy atom. The standard InChI is InChI=1S/C26H26Cl2N2/c27-15-17-29(25-13-5-9-21-7-1-3-11-23(21)25)19-20-30(18-16-28)26-14-6-10-22-8-2-4-12-24(22)26/h1-14H,15-20H2. The molecular formula is C26H26Cl2N2. The van der Waals surface area contributed by atoms with Crippen molar-refractivity contribution in [2.45, 2.75) is 0 Å². The highest BCUT2D eigenvalue weighted by Crippen LogP contribution is 2.29. The van der Waals surface area contributed by atoms with Crippen LogP contribution in [0, 0.1) is 0 Å². The fraction of sp³-hybridized carbons (Fsp3) is 0.231. The topological polar surface area (TPSA) is 6.48 Å². The van der Waals surface area contributed by atoms with Crippen molar-refractivity contribution in [1.29, 1.82) is 0 Å². The minimum absolute atomic E-state index is 0.590. The molecule has 0 amide bonds. The second kappa shape index (κ2) is 10.1. The van der Waals surface area contributed by atoms with E-state index in [-0.39, 0.29) is 0 Å². The van der Waals surface area contributed by atoms with Gasteiger partial charge in [-0.2, -0.15) is 0 Å². The van der Waals surface area contributed by atoms with Crippen molar-refractivity contribution in [2.75, 3.05) is 47.7 Å². The molecule has 0 heterocycles. The predicted octanol–water partition coefficient (Wildman–Crippen LogP) is 6.78. The summed E-state index contributed by atoms with van der Waals surface area (Å²) in [5.74, 6) is 1.18. The first kappa shape index (κ1) is 20.8. The Labute approximate surface area is 188 Å². The van der Waals surface area contributed by atoms with Crippen molar-refractivity contribution < 1.29 is 0 Å². The van der Waals surface area contributed by atoms with E-state index >= 15 is 0 Å². The number of alkyl halides is 2. The van der Waals surface area contributed by atoms with E-state index in [0.717, 1.165) is 26.2 Å². The summed E-state index contributed by atoms with van der Waals surface area (Å²) in [6, 6.07) is 30.0. The molecular weight excluding hydrogens is 411 g/mol. The SMILES string of the molecule is ClCCN(CCN(CCCl)c1cccc2ccccc12)c1cccc2ccccc12. The van der Waals surface area contributed by atoms with E-state index in [9.17, 15) is 0 Å². The third-order valence-corrected chi connectivity index (χ3v) is 5.90. The Morgan fingerprint density at radius 2 is 0.867 bits per heavy atom. The summed E-state index contributed by atoms with van der Waals surface area (Å²) in [7, 11) is 0. The van der Waals surface area contributed by atoms with Gasteiger partial charge in [-0.3, -0.25) is 0 Å². The molecule has 4 rings (SSSR count). The first-order chi connectivity index (χ1) is 14.8. The minimum Gasteiger partial charge on any atom is -0.368 e. The number of halogens is 2. The maximum Gasteiger partial charge on any atom is 0.0446 e. The van der Waals surface area contributed by atoms with Crippen molar-refractivity contribution in [1.82, 2.24) is 0 Å². The zero-order valence-corrected chi connectivity index (χ0v) is 18.5. The first-order valence-electron chi connectivity index (χ1n) is 10.4. The second-order valence-corrected chi connectivity index (χ2v) is 8.10. The van der Waals surface area contributed by atoms with Gasteiger partial charge >= 0.3 is 0 Å². The Hall–Kier alpha value is -2.42. The minimum atomic E-state index is 0.590. The van der Waals surface area contributed by atoms with Crippen LogP contribution in [0.3, 0.4) is 0 Å². The zero-order chi connectivity index (χ0) is 20.8. The van der Waals surface area contributed by atoms with E-state index in [2.05, 4.69) is 94.7 Å². The monoisotopic (exact) mass is 436 g/mol. The van der Waals surface area contributed by atoms with E-state index in [0.29, 0.717) is 11.8 Å². The molecule has 154 valence electrons. The summed E-state index contributed by atoms with van der Waals surface area (Å²) in [4.78, 5) is 4.78. The molecule has 0 radical (unpaired) electrons. The van der Waals surface area contributed by atoms with Crippen molar-refractivity contribution in [2.24, 2.45) is 0 Å². The molecule has 4 heteroatoms. The summed E-state index contributed by atoms with van der Waals surface area (Å²) >= 11 is 12.4. The third kappa shape index (κ3) is 4.50. The van der Waals surface area contributed by atoms with Gasteiger partial charge in [-0.15, -0.1) is 23.2 Å². The zero-order valence-electron chi connectivity index (χ0n) is 17.0. The molecule has 0 N–H and O–H groups in total. The van der Waals surface area contributed by atoms with Gasteiger partial charge < -0.3 is 9.80 Å². The number of fused-ring (bicyclic) bond motifs is 2. The van der Waals surface area contributed by atoms with Gasteiger partial charge in [0.1, 0.15) is 0 Å². The van der Waals surface area contributed by atoms with Crippen LogP contribution in [0.5, 0.6) is 0 Å². The molecule has 0 fully saturated rings. The highest BCUT2D eigenvalue weighted by molar-refractivity contribution is 6.18. The van der Waals surface area contributed by atoms with E-state index in [4.69, 9.17) is 23.2 Å². The second-order valence-electron chi connectivity index (χ2n) is 7.35. The molecule has 0 aromatic heterocycles. The Kier molecular flexibility index (Phi) is 6.99. The van der Waals surface area contributed by atoms with E-state index in [1.54, 1.807) is 0 Å². The summed E-state index contributed by atoms with van der Waals surface area (Å²) in [6.07, 6.45) is 0. The molecule has 0 atom stereocenters. The van der Waals surface area contributed by atoms with Crippen LogP contribution in [0.4, 0.5) is 11.4 Å². The van der Waals surface area contributed by atoms with E-state index < -0.39 is 0 Å². The quantitative estimate of drug-likeness (QED) is 0.266. The molecule has 0 aliphatic rings. The van der Waals surface area contributed by atoms with Crippen LogP contribution in [0.15, 0.2) is 84.9 Å². The van der Waals surface area contributed by atoms with E-state index in [1.807, 2.05) is 0 Å². The van der Waals surface area contributed by atoms with Gasteiger partial charge in [0.15, 0.2) is 0 Å². The number of rotatable bonds is 9. The maximum atomic E-state index is 6.19. The highest BCUT2D eigenvalue weighted by Gasteiger charge is 2.14. The lowest BCUT2D eigenvalue weighted by Gasteiger charge is -2.31. The van der Waals surface area contributed by atoms with Gasteiger partial charge in [-0.25, -0.2) is 0 Å². The van der Waals surface area contributed by atoms with E-state index in [1.165, 1.54) is 32.9 Å². The number of benzene rings is 4. The van der Waals surface area contributed by atoms with Crippen molar-refractivity contribution in [3.8, 4) is 0 Å². The molecule has 0 saturated carbocycles. The Balaban J connectivity index is 1.63. The van der Waals surface area contributed by atoms with Crippen molar-refractivity contribution in [3.05, 3.63) is 84.9 Å². The molecule has 0 unspecified atom stereocenters. The van der Waals surface area contributed by atoms with Crippen LogP contribution >= 0.6 is 23.2 Å². The van der Waals surface area contributed by atoms with Gasteiger partial charge in [0.25, 0.3) is 0 Å². The molecule has 2 nitrogen and oxygen atoms in total. The van der Waals surface area contributed by atoms with Crippen LogP contribution in [0.25, 0.3) is 21.5 Å². The van der Waals surface area contributed by atoms with Crippen LogP contribution in [0.2, 0.25) is 0 Å². The lowest BCUT2D eigenvalue weighted by Crippen LogP contribution is -2.37. The molecule has 0 bridgehead atoms. The molecule has 0 aliphatic carbocycles. The molecule has 0 spiro atoms. The summed E-state index contributed by atoms with van der Waals surface area (Å²) in [5.41, 5.74) is 2.47. The average Bonchev–Trinajstić information content (AvgIpc) is 2.80. The number of nitrogens with zero attached hydrogens (tertiary/aromatic N) is 2. The van der Waals surface area contributed by atoms with Gasteiger partial charge in [0.2, 0.25) is 0 Å². The largest absolute Gasteiger partial charge is 0.368 e. The van der Waals surface area contributed by atoms with Crippen molar-refractivity contribution in [3.63, 3.8) is 0 Å². The lowest BCUT2D eigenvalue weighted by atomic mass is 10.1. The number of anilines is 2. The molecule has 0 aliphatic heterocycles. The highest BCUT2D eigenvalue weighted by atomic mass is 35.5. The molecule has 0 saturated heterocycles. The van der Waals surface area contributed by atoms with Gasteiger partial charge in [0.05, 0.1) is 0 Å². The fourth-order valence-electron chi connectivity index (χ4n) is 4.12. The summed E-state index contributed by atoms with van der Waals surface area (Å²) in [6.45, 7) is 3.36. The lowest BCUT2D eigenvalue weighted by molar-refractivity contribution is 0.760. The normalized spacial score (nSPS) is 11.1. The van der Waals surface area contributed by atoms with Gasteiger partial charge in [-0.1, -0.05) is 72.8 Å². The van der Waals surface area contributed by atoms with Gasteiger partial charge in [-0.05, 0) is 22.9 Å². The summed E-state index contributed by atoms with van der Waals surface area (Å²) < 4.78 is 0. The Morgan fingerprint density at radius 3 is 1.30 bits per heavy atom. The van der Waals surface area contributed by atoms with Crippen LogP contribution in [-0.4, -0.2) is 37.9 Å². The number of hydrogen-bond acceptors (Lipinski definition) is 2. The van der Waals surface area contributed by atoms with Gasteiger partial charge in [0, 0.05) is 60.1 Å². The average molecular weight is 437 g/mol. The molecule has 30 heavy (non-hydrogen) atoms. The molecule has 4 aromatic rings. The smallest absolute Gasteiger partial charge is 0.0446 e. The molecule has 4 aromatic carbocycles. The van der Waals surface area contributed by atoms with Crippen molar-refractivity contribution >= 4 is 56.1 Å². The van der Waals surface area contributed by atoms with Crippen LogP contribution in [0.1, 0.15) is 0 Å². The fourth-order valence-corrected chi connectivity index (χ4v) is 4.53. The maximum absolute atomic E-state index is 6.19. The third-order valence-electron chi connectivity index (χ3n) is 5.56. The summed E-state index contributed by atoms with van der Waals surface area (Å²) in [5, 5.41) is 5.03. The number of hydrogen-bond donors (Lipinski definition) is 0. The predicted molar refractivity (Wildman–Crippen MR) is 134 cm³/mol.